The van der Waals surface area contributed by atoms with E-state index in [0.29, 0.717) is 17.5 Å². The van der Waals surface area contributed by atoms with Crippen molar-refractivity contribution in [2.45, 2.75) is 32.2 Å². The molecule has 3 heterocycles. The molecule has 2 fully saturated rings. The molecule has 5 heteroatoms. The van der Waals surface area contributed by atoms with E-state index in [-0.39, 0.29) is 0 Å². The molecule has 1 aromatic rings. The van der Waals surface area contributed by atoms with Crippen LogP contribution in [0.2, 0.25) is 0 Å². The largest absolute Gasteiger partial charge is 0.354 e. The molecule has 0 radical (unpaired) electrons. The Hall–Kier alpha value is -1.64. The van der Waals surface area contributed by atoms with E-state index in [1.54, 1.807) is 0 Å². The second-order valence-electron chi connectivity index (χ2n) is 7.10. The number of piperazine rings is 1. The Morgan fingerprint density at radius 2 is 1.91 bits per heavy atom. The lowest BCUT2D eigenvalue weighted by Gasteiger charge is -2.36. The van der Waals surface area contributed by atoms with Crippen LogP contribution in [0.25, 0.3) is 0 Å². The number of aromatic nitrogens is 1. The van der Waals surface area contributed by atoms with E-state index in [2.05, 4.69) is 41.7 Å². The van der Waals surface area contributed by atoms with Gasteiger partial charge in [0.15, 0.2) is 0 Å². The van der Waals surface area contributed by atoms with Crippen molar-refractivity contribution in [3.8, 4) is 6.07 Å². The van der Waals surface area contributed by atoms with Crippen molar-refractivity contribution in [3.63, 3.8) is 0 Å². The van der Waals surface area contributed by atoms with E-state index in [1.165, 1.54) is 6.42 Å². The van der Waals surface area contributed by atoms with E-state index < -0.39 is 0 Å². The van der Waals surface area contributed by atoms with Crippen LogP contribution in [0.3, 0.4) is 0 Å². The van der Waals surface area contributed by atoms with Crippen molar-refractivity contribution >= 4 is 5.82 Å². The van der Waals surface area contributed by atoms with Gasteiger partial charge in [-0.05, 0) is 31.5 Å². The van der Waals surface area contributed by atoms with Crippen molar-refractivity contribution in [3.05, 3.63) is 23.4 Å². The quantitative estimate of drug-likeness (QED) is 0.853. The number of pyridine rings is 1. The maximum absolute atomic E-state index is 9.42. The molecule has 5 nitrogen and oxygen atoms in total. The highest BCUT2D eigenvalue weighted by molar-refractivity contribution is 5.55. The van der Waals surface area contributed by atoms with Crippen molar-refractivity contribution in [1.29, 1.82) is 5.26 Å². The summed E-state index contributed by atoms with van der Waals surface area (Å²) in [7, 11) is 2.19. The van der Waals surface area contributed by atoms with Crippen LogP contribution >= 0.6 is 0 Å². The third-order valence-electron chi connectivity index (χ3n) is 5.13. The summed E-state index contributed by atoms with van der Waals surface area (Å²) in [5, 5.41) is 9.42. The van der Waals surface area contributed by atoms with Crippen LogP contribution in [-0.4, -0.2) is 67.1 Å². The zero-order valence-electron chi connectivity index (χ0n) is 14.5. The third-order valence-corrected chi connectivity index (χ3v) is 5.13. The molecule has 0 unspecified atom stereocenters. The molecule has 124 valence electrons. The Balaban J connectivity index is 1.73. The number of hydrogen-bond acceptors (Lipinski definition) is 5. The van der Waals surface area contributed by atoms with E-state index >= 15 is 0 Å². The SMILES string of the molecule is CC(C)c1ccc(C#N)c(N2CC[C@@H](N3CCN(C)CC3)C2)n1. The van der Waals surface area contributed by atoms with Crippen LogP contribution in [0.4, 0.5) is 5.82 Å². The van der Waals surface area contributed by atoms with Crippen LogP contribution in [0.1, 0.15) is 37.4 Å². The molecule has 0 aliphatic carbocycles. The maximum atomic E-state index is 9.42. The second kappa shape index (κ2) is 6.86. The zero-order valence-corrected chi connectivity index (χ0v) is 14.5. The molecule has 0 spiro atoms. The Morgan fingerprint density at radius 1 is 1.17 bits per heavy atom. The van der Waals surface area contributed by atoms with Gasteiger partial charge < -0.3 is 9.80 Å². The number of rotatable bonds is 3. The van der Waals surface area contributed by atoms with Gasteiger partial charge in [0.2, 0.25) is 0 Å². The molecule has 0 amide bonds. The fraction of sp³-hybridized carbons (Fsp3) is 0.667. The molecule has 0 aromatic carbocycles. The molecule has 1 aromatic heterocycles. The molecular formula is C18H27N5. The predicted molar refractivity (Wildman–Crippen MR) is 92.7 cm³/mol. The standard InChI is InChI=1S/C18H27N5/c1-14(2)17-5-4-15(12-19)18(20-17)23-7-6-16(13-23)22-10-8-21(3)9-11-22/h4-5,14,16H,6-11,13H2,1-3H3/t16-/m1/s1. The smallest absolute Gasteiger partial charge is 0.146 e. The molecular weight excluding hydrogens is 286 g/mol. The topological polar surface area (TPSA) is 46.4 Å². The summed E-state index contributed by atoms with van der Waals surface area (Å²) in [4.78, 5) is 12.1. The Morgan fingerprint density at radius 3 is 2.57 bits per heavy atom. The van der Waals surface area contributed by atoms with Gasteiger partial charge in [0.05, 0.1) is 5.56 Å². The van der Waals surface area contributed by atoms with Gasteiger partial charge in [-0.2, -0.15) is 5.26 Å². The molecule has 23 heavy (non-hydrogen) atoms. The molecule has 2 aliphatic rings. The molecule has 3 rings (SSSR count). The van der Waals surface area contributed by atoms with Gasteiger partial charge >= 0.3 is 0 Å². The molecule has 1 atom stereocenters. The summed E-state index contributed by atoms with van der Waals surface area (Å²) in [6, 6.07) is 6.83. The van der Waals surface area contributed by atoms with Crippen molar-refractivity contribution in [2.24, 2.45) is 0 Å². The summed E-state index contributed by atoms with van der Waals surface area (Å²) >= 11 is 0. The fourth-order valence-corrected chi connectivity index (χ4v) is 3.53. The Labute approximate surface area is 139 Å². The number of likely N-dealkylation sites (N-methyl/N-ethyl adjacent to an activating group) is 1. The normalized spacial score (nSPS) is 23.4. The highest BCUT2D eigenvalue weighted by Crippen LogP contribution is 2.27. The van der Waals surface area contributed by atoms with Crippen LogP contribution in [0.15, 0.2) is 12.1 Å². The van der Waals surface area contributed by atoms with Gasteiger partial charge in [0.25, 0.3) is 0 Å². The minimum Gasteiger partial charge on any atom is -0.354 e. The Kier molecular flexibility index (Phi) is 4.84. The summed E-state index contributed by atoms with van der Waals surface area (Å²) in [6.45, 7) is 10.9. The van der Waals surface area contributed by atoms with E-state index in [4.69, 9.17) is 4.98 Å². The minimum absolute atomic E-state index is 0.387. The van der Waals surface area contributed by atoms with Gasteiger partial charge in [-0.1, -0.05) is 13.8 Å². The van der Waals surface area contributed by atoms with E-state index in [0.717, 1.165) is 50.8 Å². The first kappa shape index (κ1) is 16.2. The lowest BCUT2D eigenvalue weighted by atomic mass is 10.1. The number of nitriles is 1. The van der Waals surface area contributed by atoms with E-state index in [9.17, 15) is 5.26 Å². The number of hydrogen-bond donors (Lipinski definition) is 0. The van der Waals surface area contributed by atoms with Crippen LogP contribution < -0.4 is 4.90 Å². The predicted octanol–water partition coefficient (Wildman–Crippen LogP) is 1.90. The molecule has 2 aliphatic heterocycles. The number of nitrogens with zero attached hydrogens (tertiary/aromatic N) is 5. The maximum Gasteiger partial charge on any atom is 0.146 e. The lowest BCUT2D eigenvalue weighted by molar-refractivity contribution is 0.120. The first-order chi connectivity index (χ1) is 11.1. The third kappa shape index (κ3) is 3.49. The summed E-state index contributed by atoms with van der Waals surface area (Å²) < 4.78 is 0. The van der Waals surface area contributed by atoms with Crippen LogP contribution in [-0.2, 0) is 0 Å². The summed E-state index contributed by atoms with van der Waals surface area (Å²) in [5.74, 6) is 1.27. The highest BCUT2D eigenvalue weighted by atomic mass is 15.3. The van der Waals surface area contributed by atoms with Crippen molar-refractivity contribution in [1.82, 2.24) is 14.8 Å². The molecule has 2 saturated heterocycles. The summed E-state index contributed by atoms with van der Waals surface area (Å²) in [6.07, 6.45) is 1.17. The van der Waals surface area contributed by atoms with Gasteiger partial charge in [0.1, 0.15) is 11.9 Å². The molecule has 0 bridgehead atoms. The van der Waals surface area contributed by atoms with Gasteiger partial charge in [-0.3, -0.25) is 4.90 Å². The Bertz CT molecular complexity index is 584. The van der Waals surface area contributed by atoms with Crippen LogP contribution in [0, 0.1) is 11.3 Å². The van der Waals surface area contributed by atoms with Gasteiger partial charge in [-0.15, -0.1) is 0 Å². The van der Waals surface area contributed by atoms with Crippen molar-refractivity contribution in [2.75, 3.05) is 51.2 Å². The van der Waals surface area contributed by atoms with E-state index in [1.807, 2.05) is 12.1 Å². The fourth-order valence-electron chi connectivity index (χ4n) is 3.53. The number of anilines is 1. The minimum atomic E-state index is 0.387. The molecule has 0 saturated carbocycles. The van der Waals surface area contributed by atoms with Crippen LogP contribution in [0.5, 0.6) is 0 Å². The van der Waals surface area contributed by atoms with Gasteiger partial charge in [-0.25, -0.2) is 4.98 Å². The highest BCUT2D eigenvalue weighted by Gasteiger charge is 2.31. The first-order valence-corrected chi connectivity index (χ1v) is 8.67. The average molecular weight is 313 g/mol. The molecule has 0 N–H and O–H groups in total. The second-order valence-corrected chi connectivity index (χ2v) is 7.10. The first-order valence-electron chi connectivity index (χ1n) is 8.67. The monoisotopic (exact) mass is 313 g/mol. The lowest BCUT2D eigenvalue weighted by Crippen LogP contribution is -2.49. The summed E-state index contributed by atoms with van der Waals surface area (Å²) in [5.41, 5.74) is 1.77. The zero-order chi connectivity index (χ0) is 16.4. The van der Waals surface area contributed by atoms with Crippen molar-refractivity contribution < 1.29 is 0 Å². The van der Waals surface area contributed by atoms with Gasteiger partial charge in [0, 0.05) is 51.0 Å². The average Bonchev–Trinajstić information content (AvgIpc) is 3.04.